The molecule has 1 aromatic heterocycles. The smallest absolute Gasteiger partial charge is 0.276 e. The van der Waals surface area contributed by atoms with E-state index in [-0.39, 0.29) is 18.0 Å². The van der Waals surface area contributed by atoms with Gasteiger partial charge in [-0.2, -0.15) is 0 Å². The molecular formula is C22H18N2O6. The number of nitro benzene ring substituents is 1. The lowest BCUT2D eigenvalue weighted by atomic mass is 10.1. The van der Waals surface area contributed by atoms with Crippen LogP contribution in [0.4, 0.5) is 11.4 Å². The van der Waals surface area contributed by atoms with Gasteiger partial charge in [-0.05, 0) is 25.1 Å². The molecule has 0 saturated heterocycles. The molecule has 4 aromatic rings. The lowest BCUT2D eigenvalue weighted by Gasteiger charge is -2.12. The molecule has 0 bridgehead atoms. The van der Waals surface area contributed by atoms with Crippen LogP contribution in [0.3, 0.4) is 0 Å². The number of carbonyl (C=O) groups is 1. The first-order chi connectivity index (χ1) is 14.5. The summed E-state index contributed by atoms with van der Waals surface area (Å²) in [5.41, 5.74) is 2.08. The summed E-state index contributed by atoms with van der Waals surface area (Å²) in [4.78, 5) is 23.0. The van der Waals surface area contributed by atoms with Gasteiger partial charge >= 0.3 is 0 Å². The second-order valence-corrected chi connectivity index (χ2v) is 6.64. The molecule has 0 aliphatic rings. The van der Waals surface area contributed by atoms with E-state index < -0.39 is 10.8 Å². The van der Waals surface area contributed by atoms with Crippen molar-refractivity contribution in [3.05, 3.63) is 70.3 Å². The van der Waals surface area contributed by atoms with E-state index in [1.54, 1.807) is 19.1 Å². The Hall–Kier alpha value is -4.07. The zero-order valence-corrected chi connectivity index (χ0v) is 16.3. The van der Waals surface area contributed by atoms with Crippen molar-refractivity contribution in [1.82, 2.24) is 0 Å². The third-order valence-corrected chi connectivity index (χ3v) is 4.78. The number of anilines is 1. The summed E-state index contributed by atoms with van der Waals surface area (Å²) >= 11 is 0. The number of benzene rings is 3. The number of furan rings is 1. The number of nitrogens with one attached hydrogen (secondary N) is 1. The molecule has 0 fully saturated rings. The van der Waals surface area contributed by atoms with Gasteiger partial charge in [-0.15, -0.1) is 0 Å². The van der Waals surface area contributed by atoms with Gasteiger partial charge in [-0.1, -0.05) is 24.3 Å². The van der Waals surface area contributed by atoms with Crippen LogP contribution in [0, 0.1) is 17.0 Å². The van der Waals surface area contributed by atoms with E-state index in [9.17, 15) is 14.9 Å². The molecule has 1 amide bonds. The summed E-state index contributed by atoms with van der Waals surface area (Å²) in [6.07, 6.45) is 0. The molecule has 152 valence electrons. The Balaban J connectivity index is 1.55. The van der Waals surface area contributed by atoms with Crippen LogP contribution in [0.1, 0.15) is 5.56 Å². The number of hydrogen-bond donors (Lipinski definition) is 1. The van der Waals surface area contributed by atoms with Crippen molar-refractivity contribution in [1.29, 1.82) is 0 Å². The van der Waals surface area contributed by atoms with Crippen LogP contribution in [-0.2, 0) is 4.79 Å². The maximum atomic E-state index is 12.4. The fraction of sp³-hybridized carbons (Fsp3) is 0.136. The molecule has 0 radical (unpaired) electrons. The Labute approximate surface area is 171 Å². The average molecular weight is 406 g/mol. The SMILES string of the molecule is COc1cc2c(cc1NC(=O)COc1cccc([N+](=O)[O-])c1C)oc1ccccc12. The molecular weight excluding hydrogens is 388 g/mol. The van der Waals surface area contributed by atoms with E-state index >= 15 is 0 Å². The fourth-order valence-corrected chi connectivity index (χ4v) is 3.30. The number of fused-ring (bicyclic) bond motifs is 3. The number of ether oxygens (including phenoxy) is 2. The summed E-state index contributed by atoms with van der Waals surface area (Å²) in [6.45, 7) is 1.26. The van der Waals surface area contributed by atoms with Crippen molar-refractivity contribution in [2.75, 3.05) is 19.0 Å². The normalized spacial score (nSPS) is 10.9. The summed E-state index contributed by atoms with van der Waals surface area (Å²) in [7, 11) is 1.52. The number of nitro groups is 1. The molecule has 1 N–H and O–H groups in total. The first kappa shape index (κ1) is 19.3. The number of carbonyl (C=O) groups excluding carboxylic acids is 1. The zero-order chi connectivity index (χ0) is 21.3. The number of hydrogen-bond acceptors (Lipinski definition) is 6. The first-order valence-corrected chi connectivity index (χ1v) is 9.14. The lowest BCUT2D eigenvalue weighted by molar-refractivity contribution is -0.385. The highest BCUT2D eigenvalue weighted by Gasteiger charge is 2.17. The number of amides is 1. The van der Waals surface area contributed by atoms with Crippen LogP contribution in [0.15, 0.2) is 59.0 Å². The third-order valence-electron chi connectivity index (χ3n) is 4.78. The molecule has 0 spiro atoms. The van der Waals surface area contributed by atoms with Gasteiger partial charge in [0.2, 0.25) is 0 Å². The quantitative estimate of drug-likeness (QED) is 0.363. The molecule has 0 unspecified atom stereocenters. The minimum atomic E-state index is -0.490. The highest BCUT2D eigenvalue weighted by Crippen LogP contribution is 2.36. The van der Waals surface area contributed by atoms with Gasteiger partial charge in [-0.25, -0.2) is 0 Å². The van der Waals surface area contributed by atoms with Gasteiger partial charge in [-0.3, -0.25) is 14.9 Å². The molecule has 0 aliphatic heterocycles. The molecule has 8 nitrogen and oxygen atoms in total. The Bertz CT molecular complexity index is 1280. The van der Waals surface area contributed by atoms with Crippen LogP contribution in [0.2, 0.25) is 0 Å². The molecule has 3 aromatic carbocycles. The number of para-hydroxylation sites is 1. The topological polar surface area (TPSA) is 104 Å². The van der Waals surface area contributed by atoms with Crippen LogP contribution < -0.4 is 14.8 Å². The Kier molecular flexibility index (Phi) is 4.97. The van der Waals surface area contributed by atoms with E-state index in [0.29, 0.717) is 22.6 Å². The minimum Gasteiger partial charge on any atom is -0.495 e. The molecule has 4 rings (SSSR count). The van der Waals surface area contributed by atoms with Gasteiger partial charge in [0.25, 0.3) is 11.6 Å². The van der Waals surface area contributed by atoms with Crippen LogP contribution in [-0.4, -0.2) is 24.5 Å². The van der Waals surface area contributed by atoms with Gasteiger partial charge in [0.15, 0.2) is 6.61 Å². The van der Waals surface area contributed by atoms with E-state index in [1.807, 2.05) is 30.3 Å². The molecule has 0 aliphatic carbocycles. The Morgan fingerprint density at radius 3 is 2.63 bits per heavy atom. The Morgan fingerprint density at radius 2 is 1.87 bits per heavy atom. The van der Waals surface area contributed by atoms with Crippen molar-refractivity contribution in [3.63, 3.8) is 0 Å². The lowest BCUT2D eigenvalue weighted by Crippen LogP contribution is -2.20. The predicted molar refractivity (Wildman–Crippen MR) is 112 cm³/mol. The zero-order valence-electron chi connectivity index (χ0n) is 16.3. The average Bonchev–Trinajstić information content (AvgIpc) is 3.09. The van der Waals surface area contributed by atoms with E-state index in [1.165, 1.54) is 19.2 Å². The summed E-state index contributed by atoms with van der Waals surface area (Å²) in [5, 5.41) is 15.6. The minimum absolute atomic E-state index is 0.0649. The first-order valence-electron chi connectivity index (χ1n) is 9.14. The number of rotatable bonds is 6. The summed E-state index contributed by atoms with van der Waals surface area (Å²) in [5.74, 6) is 0.322. The van der Waals surface area contributed by atoms with Crippen LogP contribution >= 0.6 is 0 Å². The molecule has 0 saturated carbocycles. The van der Waals surface area contributed by atoms with Gasteiger partial charge in [0.1, 0.15) is 22.7 Å². The van der Waals surface area contributed by atoms with Gasteiger partial charge in [0.05, 0.1) is 23.3 Å². The van der Waals surface area contributed by atoms with E-state index in [4.69, 9.17) is 13.9 Å². The van der Waals surface area contributed by atoms with Crippen LogP contribution in [0.5, 0.6) is 11.5 Å². The Morgan fingerprint density at radius 1 is 1.07 bits per heavy atom. The van der Waals surface area contributed by atoms with E-state index in [0.717, 1.165) is 16.4 Å². The molecule has 30 heavy (non-hydrogen) atoms. The van der Waals surface area contributed by atoms with Gasteiger partial charge < -0.3 is 19.2 Å². The summed E-state index contributed by atoms with van der Waals surface area (Å²) < 4.78 is 16.8. The third kappa shape index (κ3) is 3.50. The van der Waals surface area contributed by atoms with Gasteiger partial charge in [0, 0.05) is 22.9 Å². The van der Waals surface area contributed by atoms with Crippen molar-refractivity contribution in [3.8, 4) is 11.5 Å². The fourth-order valence-electron chi connectivity index (χ4n) is 3.30. The maximum absolute atomic E-state index is 12.4. The van der Waals surface area contributed by atoms with Crippen molar-refractivity contribution >= 4 is 39.2 Å². The monoisotopic (exact) mass is 406 g/mol. The standard InChI is InChI=1S/C22H18N2O6/c1-13-17(24(26)27)7-5-9-18(13)29-12-22(25)23-16-11-20-15(10-21(16)28-2)14-6-3-4-8-19(14)30-20/h3-11H,12H2,1-2H3,(H,23,25). The highest BCUT2D eigenvalue weighted by atomic mass is 16.6. The van der Waals surface area contributed by atoms with E-state index in [2.05, 4.69) is 5.32 Å². The largest absolute Gasteiger partial charge is 0.495 e. The van der Waals surface area contributed by atoms with Crippen molar-refractivity contribution in [2.45, 2.75) is 6.92 Å². The van der Waals surface area contributed by atoms with Crippen LogP contribution in [0.25, 0.3) is 21.9 Å². The number of methoxy groups -OCH3 is 1. The second kappa shape index (κ2) is 7.75. The van der Waals surface area contributed by atoms with Crippen molar-refractivity contribution < 1.29 is 23.6 Å². The molecule has 8 heteroatoms. The second-order valence-electron chi connectivity index (χ2n) is 6.64. The predicted octanol–water partition coefficient (Wildman–Crippen LogP) is 4.83. The molecule has 0 atom stereocenters. The number of nitrogens with zero attached hydrogens (tertiary/aromatic N) is 1. The molecule has 1 heterocycles. The van der Waals surface area contributed by atoms with Crippen molar-refractivity contribution in [2.24, 2.45) is 0 Å². The summed E-state index contributed by atoms with van der Waals surface area (Å²) in [6, 6.07) is 15.6. The highest BCUT2D eigenvalue weighted by molar-refractivity contribution is 6.07. The maximum Gasteiger partial charge on any atom is 0.276 e.